The molecule has 1 aliphatic rings. The standard InChI is InChI=1S/C16H34N2O/c1-6-11-17-12-15(13-19-5)18(4)14-7-9-16(2,3)10-8-14/h14-15,17H,6-13H2,1-5H3. The fraction of sp³-hybridized carbons (Fsp3) is 1.00. The SMILES string of the molecule is CCCNCC(COC)N(C)C1CCC(C)(C)CC1. The van der Waals surface area contributed by atoms with Gasteiger partial charge in [-0.1, -0.05) is 20.8 Å². The summed E-state index contributed by atoms with van der Waals surface area (Å²) in [5.41, 5.74) is 0.550. The summed E-state index contributed by atoms with van der Waals surface area (Å²) in [6.45, 7) is 9.99. The van der Waals surface area contributed by atoms with Gasteiger partial charge >= 0.3 is 0 Å². The van der Waals surface area contributed by atoms with Gasteiger partial charge in [0.15, 0.2) is 0 Å². The zero-order valence-corrected chi connectivity index (χ0v) is 13.7. The lowest BCUT2D eigenvalue weighted by atomic mass is 9.75. The molecule has 0 saturated heterocycles. The van der Waals surface area contributed by atoms with Crippen molar-refractivity contribution in [1.29, 1.82) is 0 Å². The molecule has 114 valence electrons. The summed E-state index contributed by atoms with van der Waals surface area (Å²) in [5.74, 6) is 0. The van der Waals surface area contributed by atoms with Gasteiger partial charge in [-0.05, 0) is 51.1 Å². The lowest BCUT2D eigenvalue weighted by Crippen LogP contribution is -2.49. The zero-order chi connectivity index (χ0) is 14.3. The van der Waals surface area contributed by atoms with E-state index < -0.39 is 0 Å². The van der Waals surface area contributed by atoms with E-state index in [2.05, 4.69) is 38.0 Å². The third-order valence-corrected chi connectivity index (χ3v) is 4.63. The van der Waals surface area contributed by atoms with Crippen LogP contribution in [-0.4, -0.2) is 50.8 Å². The van der Waals surface area contributed by atoms with Crippen LogP contribution in [0.5, 0.6) is 0 Å². The Morgan fingerprint density at radius 2 is 1.95 bits per heavy atom. The first-order valence-electron chi connectivity index (χ1n) is 7.91. The highest BCUT2D eigenvalue weighted by Crippen LogP contribution is 2.36. The third kappa shape index (κ3) is 5.80. The second-order valence-electron chi connectivity index (χ2n) is 6.87. The maximum absolute atomic E-state index is 5.41. The summed E-state index contributed by atoms with van der Waals surface area (Å²) in [4.78, 5) is 2.56. The minimum absolute atomic E-state index is 0.503. The van der Waals surface area contributed by atoms with Crippen LogP contribution in [-0.2, 0) is 4.74 Å². The van der Waals surface area contributed by atoms with Crippen molar-refractivity contribution in [3.8, 4) is 0 Å². The predicted octanol–water partition coefficient (Wildman–Crippen LogP) is 2.90. The van der Waals surface area contributed by atoms with Crippen molar-refractivity contribution in [1.82, 2.24) is 10.2 Å². The van der Waals surface area contributed by atoms with Gasteiger partial charge in [-0.2, -0.15) is 0 Å². The van der Waals surface area contributed by atoms with E-state index in [0.29, 0.717) is 11.5 Å². The van der Waals surface area contributed by atoms with E-state index in [1.807, 2.05) is 7.11 Å². The molecule has 1 aliphatic carbocycles. The molecule has 0 aromatic heterocycles. The maximum Gasteiger partial charge on any atom is 0.0630 e. The Morgan fingerprint density at radius 3 is 2.47 bits per heavy atom. The fourth-order valence-corrected chi connectivity index (χ4v) is 3.05. The predicted molar refractivity (Wildman–Crippen MR) is 82.6 cm³/mol. The van der Waals surface area contributed by atoms with Crippen LogP contribution in [0.15, 0.2) is 0 Å². The van der Waals surface area contributed by atoms with Crippen molar-refractivity contribution in [2.45, 2.75) is 65.0 Å². The number of nitrogens with one attached hydrogen (secondary N) is 1. The Bertz CT molecular complexity index is 233. The topological polar surface area (TPSA) is 24.5 Å². The van der Waals surface area contributed by atoms with E-state index in [1.54, 1.807) is 0 Å². The number of rotatable bonds is 8. The van der Waals surface area contributed by atoms with Gasteiger partial charge in [0, 0.05) is 25.7 Å². The zero-order valence-electron chi connectivity index (χ0n) is 13.7. The molecular formula is C16H34N2O. The van der Waals surface area contributed by atoms with Crippen LogP contribution in [0.3, 0.4) is 0 Å². The van der Waals surface area contributed by atoms with E-state index in [-0.39, 0.29) is 0 Å². The largest absolute Gasteiger partial charge is 0.383 e. The van der Waals surface area contributed by atoms with E-state index >= 15 is 0 Å². The van der Waals surface area contributed by atoms with Gasteiger partial charge < -0.3 is 10.1 Å². The smallest absolute Gasteiger partial charge is 0.0630 e. The normalized spacial score (nSPS) is 21.8. The first kappa shape index (κ1) is 16.9. The molecule has 19 heavy (non-hydrogen) atoms. The third-order valence-electron chi connectivity index (χ3n) is 4.63. The van der Waals surface area contributed by atoms with E-state index in [4.69, 9.17) is 4.74 Å². The van der Waals surface area contributed by atoms with E-state index in [1.165, 1.54) is 32.1 Å². The summed E-state index contributed by atoms with van der Waals surface area (Å²) in [6.07, 6.45) is 6.56. The van der Waals surface area contributed by atoms with Crippen molar-refractivity contribution in [2.24, 2.45) is 5.41 Å². The van der Waals surface area contributed by atoms with Gasteiger partial charge in [0.2, 0.25) is 0 Å². The van der Waals surface area contributed by atoms with Crippen LogP contribution < -0.4 is 5.32 Å². The molecule has 1 unspecified atom stereocenters. The molecule has 0 amide bonds. The number of hydrogen-bond donors (Lipinski definition) is 1. The molecular weight excluding hydrogens is 236 g/mol. The van der Waals surface area contributed by atoms with Crippen molar-refractivity contribution in [3.63, 3.8) is 0 Å². The molecule has 0 radical (unpaired) electrons. The van der Waals surface area contributed by atoms with Gasteiger partial charge in [0.25, 0.3) is 0 Å². The Balaban J connectivity index is 2.44. The number of likely N-dealkylation sites (N-methyl/N-ethyl adjacent to an activating group) is 1. The molecule has 1 fully saturated rings. The Hall–Kier alpha value is -0.120. The monoisotopic (exact) mass is 270 g/mol. The van der Waals surface area contributed by atoms with Crippen LogP contribution >= 0.6 is 0 Å². The van der Waals surface area contributed by atoms with E-state index in [0.717, 1.165) is 25.7 Å². The van der Waals surface area contributed by atoms with Crippen LogP contribution in [0.25, 0.3) is 0 Å². The van der Waals surface area contributed by atoms with Gasteiger partial charge in [0.05, 0.1) is 6.61 Å². The van der Waals surface area contributed by atoms with Crippen molar-refractivity contribution in [2.75, 3.05) is 33.9 Å². The van der Waals surface area contributed by atoms with Crippen molar-refractivity contribution in [3.05, 3.63) is 0 Å². The fourth-order valence-electron chi connectivity index (χ4n) is 3.05. The first-order chi connectivity index (χ1) is 9.00. The molecule has 3 nitrogen and oxygen atoms in total. The highest BCUT2D eigenvalue weighted by molar-refractivity contribution is 4.86. The Kier molecular flexibility index (Phi) is 7.33. The van der Waals surface area contributed by atoms with Gasteiger partial charge in [-0.3, -0.25) is 4.90 Å². The van der Waals surface area contributed by atoms with Crippen molar-refractivity contribution >= 4 is 0 Å². The van der Waals surface area contributed by atoms with Gasteiger partial charge in [-0.15, -0.1) is 0 Å². The number of nitrogens with zero attached hydrogens (tertiary/aromatic N) is 1. The lowest BCUT2D eigenvalue weighted by Gasteiger charge is -2.41. The average molecular weight is 270 g/mol. The van der Waals surface area contributed by atoms with Crippen LogP contribution in [0.2, 0.25) is 0 Å². The number of methoxy groups -OCH3 is 1. The summed E-state index contributed by atoms with van der Waals surface area (Å²) in [7, 11) is 4.09. The second kappa shape index (κ2) is 8.23. The number of hydrogen-bond acceptors (Lipinski definition) is 3. The molecule has 0 heterocycles. The Morgan fingerprint density at radius 1 is 1.32 bits per heavy atom. The second-order valence-corrected chi connectivity index (χ2v) is 6.87. The maximum atomic E-state index is 5.41. The molecule has 1 atom stereocenters. The Labute approximate surface area is 120 Å². The van der Waals surface area contributed by atoms with Crippen LogP contribution in [0, 0.1) is 5.41 Å². The summed E-state index contributed by atoms with van der Waals surface area (Å²) in [5, 5.41) is 3.53. The number of ether oxygens (including phenoxy) is 1. The molecule has 1 N–H and O–H groups in total. The van der Waals surface area contributed by atoms with Crippen molar-refractivity contribution < 1.29 is 4.74 Å². The van der Waals surface area contributed by atoms with Gasteiger partial charge in [0.1, 0.15) is 0 Å². The molecule has 0 aromatic carbocycles. The quantitative estimate of drug-likeness (QED) is 0.686. The lowest BCUT2D eigenvalue weighted by molar-refractivity contribution is 0.0496. The molecule has 0 aliphatic heterocycles. The molecule has 0 spiro atoms. The van der Waals surface area contributed by atoms with E-state index in [9.17, 15) is 0 Å². The highest BCUT2D eigenvalue weighted by Gasteiger charge is 2.31. The van der Waals surface area contributed by atoms with Gasteiger partial charge in [-0.25, -0.2) is 0 Å². The molecule has 3 heteroatoms. The minimum atomic E-state index is 0.503. The molecule has 1 saturated carbocycles. The van der Waals surface area contributed by atoms with Crippen LogP contribution in [0.1, 0.15) is 52.9 Å². The highest BCUT2D eigenvalue weighted by atomic mass is 16.5. The summed E-state index contributed by atoms with van der Waals surface area (Å²) >= 11 is 0. The average Bonchev–Trinajstić information content (AvgIpc) is 2.37. The molecule has 1 rings (SSSR count). The van der Waals surface area contributed by atoms with Crippen LogP contribution in [0.4, 0.5) is 0 Å². The first-order valence-corrected chi connectivity index (χ1v) is 7.91. The minimum Gasteiger partial charge on any atom is -0.383 e. The molecule has 0 bridgehead atoms. The summed E-state index contributed by atoms with van der Waals surface area (Å²) in [6, 6.07) is 1.24. The summed E-state index contributed by atoms with van der Waals surface area (Å²) < 4.78 is 5.41. The molecule has 0 aromatic rings.